The third-order valence-electron chi connectivity index (χ3n) is 5.68. The van der Waals surface area contributed by atoms with E-state index in [0.717, 1.165) is 12.8 Å². The van der Waals surface area contributed by atoms with Gasteiger partial charge in [0.2, 0.25) is 5.88 Å². The topological polar surface area (TPSA) is 116 Å². The van der Waals surface area contributed by atoms with E-state index < -0.39 is 0 Å². The summed E-state index contributed by atoms with van der Waals surface area (Å²) >= 11 is 6.32. The van der Waals surface area contributed by atoms with Gasteiger partial charge in [0.1, 0.15) is 5.02 Å². The third-order valence-corrected chi connectivity index (χ3v) is 5.95. The summed E-state index contributed by atoms with van der Waals surface area (Å²) in [5.74, 6) is 2.21. The number of pyridine rings is 1. The summed E-state index contributed by atoms with van der Waals surface area (Å²) < 4.78 is 11.2. The molecule has 0 aliphatic heterocycles. The van der Waals surface area contributed by atoms with Gasteiger partial charge in [0, 0.05) is 18.0 Å². The van der Waals surface area contributed by atoms with Crippen LogP contribution in [0.15, 0.2) is 35.0 Å². The van der Waals surface area contributed by atoms with E-state index in [-0.39, 0.29) is 17.9 Å². The molecule has 0 amide bonds. The van der Waals surface area contributed by atoms with E-state index in [1.807, 2.05) is 13.8 Å². The monoisotopic (exact) mass is 451 g/mol. The van der Waals surface area contributed by atoms with Gasteiger partial charge in [-0.3, -0.25) is 0 Å². The number of nitrogens with zero attached hydrogens (tertiary/aromatic N) is 6. The molecule has 0 spiro atoms. The zero-order chi connectivity index (χ0) is 22.2. The molecule has 0 saturated heterocycles. The molecule has 1 aliphatic rings. The highest BCUT2D eigenvalue weighted by atomic mass is 35.5. The van der Waals surface area contributed by atoms with Crippen LogP contribution < -0.4 is 4.74 Å². The van der Waals surface area contributed by atoms with E-state index >= 15 is 0 Å². The summed E-state index contributed by atoms with van der Waals surface area (Å²) in [6.07, 6.45) is 3.45. The minimum absolute atomic E-state index is 0.0176. The lowest BCUT2D eigenvalue weighted by Gasteiger charge is -2.14. The average Bonchev–Trinajstić information content (AvgIpc) is 3.53. The molecule has 5 rings (SSSR count). The molecule has 3 aromatic heterocycles. The molecule has 3 heterocycles. The van der Waals surface area contributed by atoms with E-state index in [1.54, 1.807) is 12.3 Å². The van der Waals surface area contributed by atoms with E-state index in [1.165, 1.54) is 16.7 Å². The zero-order valence-corrected chi connectivity index (χ0v) is 18.7. The van der Waals surface area contributed by atoms with E-state index in [0.29, 0.717) is 34.0 Å². The molecule has 1 aromatic carbocycles. The SMILES string of the molecule is CC(C)Oc1ncc(-c2nc([C@@H]3CCc4c([C@@H](C)c5nn[nH]n5)cccc43)no2)cc1Cl. The first-order valence-corrected chi connectivity index (χ1v) is 10.9. The van der Waals surface area contributed by atoms with Crippen LogP contribution in [0.2, 0.25) is 5.02 Å². The van der Waals surface area contributed by atoms with Gasteiger partial charge in [0.05, 0.1) is 11.7 Å². The van der Waals surface area contributed by atoms with Crippen molar-refractivity contribution < 1.29 is 9.26 Å². The molecule has 1 N–H and O–H groups in total. The number of halogens is 1. The average molecular weight is 452 g/mol. The van der Waals surface area contributed by atoms with Gasteiger partial charge in [0.25, 0.3) is 5.89 Å². The molecule has 2 atom stereocenters. The van der Waals surface area contributed by atoms with Gasteiger partial charge in [0.15, 0.2) is 11.6 Å². The van der Waals surface area contributed by atoms with Gasteiger partial charge in [-0.25, -0.2) is 4.98 Å². The van der Waals surface area contributed by atoms with Crippen LogP contribution in [0.5, 0.6) is 5.88 Å². The number of rotatable bonds is 6. The van der Waals surface area contributed by atoms with Crippen molar-refractivity contribution in [3.8, 4) is 17.3 Å². The van der Waals surface area contributed by atoms with Gasteiger partial charge in [-0.05, 0) is 49.4 Å². The lowest BCUT2D eigenvalue weighted by atomic mass is 9.91. The number of benzene rings is 1. The molecule has 4 aromatic rings. The molecule has 0 bridgehead atoms. The minimum atomic E-state index is -0.0176. The fourth-order valence-electron chi connectivity index (χ4n) is 4.19. The standard InChI is InChI=1S/C22H22ClN7O2/c1-11(2)31-22-18(23)9-13(10-24-22)21-25-20(28-32-21)17-8-7-16-14(5-4-6-15(16)17)12(3)19-26-29-30-27-19/h4-6,9-12,17H,7-8H2,1-3H3,(H,26,27,29,30)/t12-,17-/m1/s1. The van der Waals surface area contributed by atoms with Gasteiger partial charge in [-0.15, -0.1) is 10.2 Å². The fourth-order valence-corrected chi connectivity index (χ4v) is 4.41. The van der Waals surface area contributed by atoms with Crippen molar-refractivity contribution in [1.82, 2.24) is 35.7 Å². The molecule has 32 heavy (non-hydrogen) atoms. The molecule has 10 heteroatoms. The number of hydrogen-bond donors (Lipinski definition) is 1. The van der Waals surface area contributed by atoms with Crippen LogP contribution in [0.1, 0.15) is 67.4 Å². The van der Waals surface area contributed by atoms with Crippen LogP contribution in [0.25, 0.3) is 11.5 Å². The minimum Gasteiger partial charge on any atom is -0.474 e. The molecule has 0 unspecified atom stereocenters. The Morgan fingerprint density at radius 1 is 1.25 bits per heavy atom. The van der Waals surface area contributed by atoms with Crippen LogP contribution in [-0.4, -0.2) is 41.9 Å². The predicted octanol–water partition coefficient (Wildman–Crippen LogP) is 4.32. The predicted molar refractivity (Wildman–Crippen MR) is 117 cm³/mol. The summed E-state index contributed by atoms with van der Waals surface area (Å²) in [5, 5.41) is 19.2. The fraction of sp³-hybridized carbons (Fsp3) is 0.364. The summed E-state index contributed by atoms with van der Waals surface area (Å²) in [6, 6.07) is 8.04. The number of aromatic nitrogens is 7. The maximum atomic E-state index is 6.32. The highest BCUT2D eigenvalue weighted by Gasteiger charge is 2.31. The molecule has 1 aliphatic carbocycles. The second kappa shape index (κ2) is 8.31. The van der Waals surface area contributed by atoms with Crippen molar-refractivity contribution in [2.45, 2.75) is 51.6 Å². The first kappa shape index (κ1) is 20.6. The molecule has 164 valence electrons. The van der Waals surface area contributed by atoms with Gasteiger partial charge < -0.3 is 9.26 Å². The highest BCUT2D eigenvalue weighted by molar-refractivity contribution is 6.32. The molecule has 9 nitrogen and oxygen atoms in total. The van der Waals surface area contributed by atoms with E-state index in [9.17, 15) is 0 Å². The van der Waals surface area contributed by atoms with Crippen LogP contribution in [0.3, 0.4) is 0 Å². The molecule has 0 saturated carbocycles. The number of ether oxygens (including phenoxy) is 1. The number of nitrogens with one attached hydrogen (secondary N) is 1. The Kier molecular flexibility index (Phi) is 5.34. The summed E-state index contributed by atoms with van der Waals surface area (Å²) in [7, 11) is 0. The quantitative estimate of drug-likeness (QED) is 0.461. The van der Waals surface area contributed by atoms with E-state index in [4.69, 9.17) is 20.9 Å². The molecule has 0 radical (unpaired) electrons. The number of tetrazole rings is 1. The van der Waals surface area contributed by atoms with Crippen molar-refractivity contribution in [3.63, 3.8) is 0 Å². The summed E-state index contributed by atoms with van der Waals surface area (Å²) in [5.41, 5.74) is 4.36. The van der Waals surface area contributed by atoms with Crippen LogP contribution in [-0.2, 0) is 6.42 Å². The second-order valence-electron chi connectivity index (χ2n) is 8.13. The van der Waals surface area contributed by atoms with Crippen LogP contribution >= 0.6 is 11.6 Å². The molecular weight excluding hydrogens is 430 g/mol. The lowest BCUT2D eigenvalue weighted by molar-refractivity contribution is 0.233. The molecule has 0 fully saturated rings. The van der Waals surface area contributed by atoms with Crippen molar-refractivity contribution in [1.29, 1.82) is 0 Å². The number of H-pyrrole nitrogens is 1. The van der Waals surface area contributed by atoms with Gasteiger partial charge in [-0.2, -0.15) is 10.2 Å². The van der Waals surface area contributed by atoms with Gasteiger partial charge >= 0.3 is 0 Å². The second-order valence-corrected chi connectivity index (χ2v) is 8.54. The van der Waals surface area contributed by atoms with Crippen molar-refractivity contribution in [2.24, 2.45) is 0 Å². The number of aromatic amines is 1. The van der Waals surface area contributed by atoms with Gasteiger partial charge in [-0.1, -0.05) is 47.1 Å². The third kappa shape index (κ3) is 3.73. The molecular formula is C22H22ClN7O2. The van der Waals surface area contributed by atoms with E-state index in [2.05, 4.69) is 60.9 Å². The Morgan fingerprint density at radius 2 is 2.12 bits per heavy atom. The smallest absolute Gasteiger partial charge is 0.259 e. The normalized spacial score (nSPS) is 16.3. The maximum absolute atomic E-state index is 6.32. The number of fused-ring (bicyclic) bond motifs is 1. The Bertz CT molecular complexity index is 1240. The zero-order valence-electron chi connectivity index (χ0n) is 17.9. The summed E-state index contributed by atoms with van der Waals surface area (Å²) in [4.78, 5) is 8.95. The van der Waals surface area contributed by atoms with Crippen LogP contribution in [0.4, 0.5) is 0 Å². The number of hydrogen-bond acceptors (Lipinski definition) is 8. The van der Waals surface area contributed by atoms with Crippen molar-refractivity contribution >= 4 is 11.6 Å². The lowest BCUT2D eigenvalue weighted by Crippen LogP contribution is -2.07. The first-order valence-electron chi connectivity index (χ1n) is 10.5. The maximum Gasteiger partial charge on any atom is 0.259 e. The summed E-state index contributed by atoms with van der Waals surface area (Å²) in [6.45, 7) is 5.93. The largest absolute Gasteiger partial charge is 0.474 e. The highest BCUT2D eigenvalue weighted by Crippen LogP contribution is 2.41. The first-order chi connectivity index (χ1) is 15.5. The Labute approximate surface area is 189 Å². The Hall–Kier alpha value is -3.33. The van der Waals surface area contributed by atoms with Crippen molar-refractivity contribution in [3.05, 3.63) is 63.8 Å². The Balaban J connectivity index is 1.42. The van der Waals surface area contributed by atoms with Crippen LogP contribution in [0, 0.1) is 0 Å². The van der Waals surface area contributed by atoms with Crippen molar-refractivity contribution in [2.75, 3.05) is 0 Å². The Morgan fingerprint density at radius 3 is 2.88 bits per heavy atom.